The molecule has 3 saturated carbocycles. The fraction of sp³-hybridized carbons (Fsp3) is 0.655. The lowest BCUT2D eigenvalue weighted by atomic mass is 9.48. The highest BCUT2D eigenvalue weighted by Gasteiger charge is 2.53. The summed E-state index contributed by atoms with van der Waals surface area (Å²) in [5.41, 5.74) is 9.46. The number of aliphatic hydroxyl groups excluding tert-OH is 1. The maximum absolute atomic E-state index is 9.12. The van der Waals surface area contributed by atoms with Gasteiger partial charge in [-0.2, -0.15) is 0 Å². The van der Waals surface area contributed by atoms with E-state index in [1.807, 2.05) is 25.2 Å². The van der Waals surface area contributed by atoms with E-state index in [-0.39, 0.29) is 5.41 Å². The Morgan fingerprint density at radius 2 is 1.31 bits per heavy atom. The molecule has 0 spiro atoms. The van der Waals surface area contributed by atoms with Gasteiger partial charge in [-0.1, -0.05) is 184 Å². The minimum Gasteiger partial charge on any atom is -0.516 e. The molecule has 2 aromatic rings. The fourth-order valence-electron chi connectivity index (χ4n) is 11.4. The molecule has 7 unspecified atom stereocenters. The van der Waals surface area contributed by atoms with E-state index in [4.69, 9.17) is 5.11 Å². The third-order valence-electron chi connectivity index (χ3n) is 15.5. The highest BCUT2D eigenvalue weighted by Crippen LogP contribution is 2.62. The molecule has 1 N–H and O–H groups in total. The lowest BCUT2D eigenvalue weighted by Crippen LogP contribution is -2.48. The minimum atomic E-state index is 0.0728. The van der Waals surface area contributed by atoms with Gasteiger partial charge in [-0.15, -0.1) is 0 Å². The van der Waals surface area contributed by atoms with Gasteiger partial charge in [-0.3, -0.25) is 0 Å². The Bertz CT molecular complexity index is 1580. The van der Waals surface area contributed by atoms with Crippen LogP contribution in [0.4, 0.5) is 0 Å². The Balaban J connectivity index is 0.000000747. The minimum absolute atomic E-state index is 0.0728. The number of allylic oxidation sites excluding steroid dienone is 7. The molecular weight excluding hydrogens is 713 g/mol. The van der Waals surface area contributed by atoms with Crippen LogP contribution in [-0.4, -0.2) is 5.11 Å². The summed E-state index contributed by atoms with van der Waals surface area (Å²) in [5.74, 6) is 4.16. The first-order valence-electron chi connectivity index (χ1n) is 24.6. The molecule has 0 radical (unpaired) electrons. The van der Waals surface area contributed by atoms with E-state index in [0.717, 1.165) is 48.7 Å². The second-order valence-corrected chi connectivity index (χ2v) is 20.7. The second kappa shape index (κ2) is 25.2. The molecule has 0 saturated heterocycles. The zero-order valence-corrected chi connectivity index (χ0v) is 40.6. The quantitative estimate of drug-likeness (QED) is 0.158. The van der Waals surface area contributed by atoms with Gasteiger partial charge in [0.25, 0.3) is 0 Å². The number of fused-ring (bicyclic) bond motifs is 5. The molecule has 3 aliphatic rings. The SMILES string of the molecule is C/C=C/C=C(C)C.CCCC.CCc1ccc(C2(c3ccc(C/C(C)=C\C=C\O)cc3)CCC3(C)C4CCCCC(C(C)CCCC(C)C)C(C)(CC4)CCC3C2)cc1. The van der Waals surface area contributed by atoms with Crippen LogP contribution in [0, 0.1) is 40.4 Å². The molecule has 1 nitrogen and oxygen atoms in total. The highest BCUT2D eigenvalue weighted by atomic mass is 16.2. The Morgan fingerprint density at radius 1 is 0.712 bits per heavy atom. The average molecular weight is 805 g/mol. The van der Waals surface area contributed by atoms with Crippen LogP contribution in [0.15, 0.2) is 96.3 Å². The van der Waals surface area contributed by atoms with Crippen molar-refractivity contribution in [3.63, 3.8) is 0 Å². The van der Waals surface area contributed by atoms with Gasteiger partial charge in [0.05, 0.1) is 6.26 Å². The van der Waals surface area contributed by atoms with Crippen LogP contribution >= 0.6 is 0 Å². The number of rotatable bonds is 13. The zero-order valence-electron chi connectivity index (χ0n) is 40.6. The van der Waals surface area contributed by atoms with Crippen molar-refractivity contribution in [2.45, 2.75) is 204 Å². The maximum atomic E-state index is 9.12. The van der Waals surface area contributed by atoms with Gasteiger partial charge < -0.3 is 5.11 Å². The van der Waals surface area contributed by atoms with E-state index in [1.165, 1.54) is 131 Å². The number of aryl methyl sites for hydroxylation is 1. The third-order valence-corrected chi connectivity index (χ3v) is 15.5. The summed E-state index contributed by atoms with van der Waals surface area (Å²) in [4.78, 5) is 0. The molecule has 2 bridgehead atoms. The highest BCUT2D eigenvalue weighted by molar-refractivity contribution is 5.43. The van der Waals surface area contributed by atoms with E-state index in [1.54, 1.807) is 11.6 Å². The second-order valence-electron chi connectivity index (χ2n) is 20.7. The van der Waals surface area contributed by atoms with E-state index >= 15 is 0 Å². The summed E-state index contributed by atoms with van der Waals surface area (Å²) in [6.07, 6.45) is 35.2. The molecule has 3 aliphatic carbocycles. The lowest BCUT2D eigenvalue weighted by Gasteiger charge is -2.57. The van der Waals surface area contributed by atoms with E-state index in [2.05, 4.69) is 131 Å². The number of hydrogen-bond acceptors (Lipinski definition) is 1. The molecule has 1 heteroatoms. The summed E-state index contributed by atoms with van der Waals surface area (Å²) in [7, 11) is 0. The zero-order chi connectivity index (χ0) is 43.5. The molecule has 59 heavy (non-hydrogen) atoms. The van der Waals surface area contributed by atoms with E-state index < -0.39 is 0 Å². The molecular formula is C58H92O. The van der Waals surface area contributed by atoms with Gasteiger partial charge in [0, 0.05) is 5.41 Å². The number of hydrogen-bond donors (Lipinski definition) is 1. The van der Waals surface area contributed by atoms with Crippen LogP contribution < -0.4 is 0 Å². The van der Waals surface area contributed by atoms with Gasteiger partial charge >= 0.3 is 0 Å². The molecule has 0 aliphatic heterocycles. The van der Waals surface area contributed by atoms with Gasteiger partial charge in [0.1, 0.15) is 0 Å². The number of benzene rings is 2. The predicted molar refractivity (Wildman–Crippen MR) is 262 cm³/mol. The Kier molecular flexibility index (Phi) is 21.6. The molecule has 0 heterocycles. The predicted octanol–water partition coefficient (Wildman–Crippen LogP) is 18.1. The smallest absolute Gasteiger partial charge is 0.0791 e. The molecule has 0 amide bonds. The van der Waals surface area contributed by atoms with Crippen molar-refractivity contribution in [3.05, 3.63) is 119 Å². The van der Waals surface area contributed by atoms with E-state index in [0.29, 0.717) is 10.8 Å². The van der Waals surface area contributed by atoms with Crippen molar-refractivity contribution in [2.75, 3.05) is 0 Å². The first-order chi connectivity index (χ1) is 28.2. The fourth-order valence-corrected chi connectivity index (χ4v) is 11.4. The van der Waals surface area contributed by atoms with Gasteiger partial charge in [-0.25, -0.2) is 0 Å². The van der Waals surface area contributed by atoms with Crippen LogP contribution in [-0.2, 0) is 18.3 Å². The Hall–Kier alpha value is -2.80. The Labute approximate surface area is 366 Å². The maximum Gasteiger partial charge on any atom is 0.0791 e. The first-order valence-corrected chi connectivity index (χ1v) is 24.6. The molecule has 2 aromatic carbocycles. The van der Waals surface area contributed by atoms with Crippen molar-refractivity contribution >= 4 is 0 Å². The summed E-state index contributed by atoms with van der Waals surface area (Å²) in [6.45, 7) is 27.9. The molecule has 7 atom stereocenters. The number of unbranched alkanes of at least 4 members (excludes halogenated alkanes) is 1. The molecule has 3 fully saturated rings. The van der Waals surface area contributed by atoms with Crippen molar-refractivity contribution in [3.8, 4) is 0 Å². The van der Waals surface area contributed by atoms with Gasteiger partial charge in [0.2, 0.25) is 0 Å². The van der Waals surface area contributed by atoms with Crippen LogP contribution in [0.25, 0.3) is 0 Å². The van der Waals surface area contributed by atoms with Crippen molar-refractivity contribution in [2.24, 2.45) is 40.4 Å². The van der Waals surface area contributed by atoms with Crippen LogP contribution in [0.1, 0.15) is 208 Å². The monoisotopic (exact) mass is 805 g/mol. The summed E-state index contributed by atoms with van der Waals surface area (Å²) in [5, 5.41) is 9.12. The van der Waals surface area contributed by atoms with Crippen LogP contribution in [0.5, 0.6) is 0 Å². The van der Waals surface area contributed by atoms with Crippen LogP contribution in [0.2, 0.25) is 0 Å². The molecule has 5 rings (SSSR count). The summed E-state index contributed by atoms with van der Waals surface area (Å²) >= 11 is 0. The molecule has 330 valence electrons. The lowest BCUT2D eigenvalue weighted by molar-refractivity contribution is -0.0349. The van der Waals surface area contributed by atoms with Crippen molar-refractivity contribution in [1.82, 2.24) is 0 Å². The van der Waals surface area contributed by atoms with Gasteiger partial charge in [0.15, 0.2) is 0 Å². The van der Waals surface area contributed by atoms with E-state index in [9.17, 15) is 0 Å². The van der Waals surface area contributed by atoms with Crippen LogP contribution in [0.3, 0.4) is 0 Å². The molecule has 0 aromatic heterocycles. The van der Waals surface area contributed by atoms with Crippen molar-refractivity contribution in [1.29, 1.82) is 0 Å². The standard InChI is InChI=1S/C47H70O.C7H12.C4H10/c1-8-38-18-22-41(23-19-38)47(42-24-20-39(21-25-42)33-36(4)14-12-32-48)31-30-46(7)40-16-9-10-17-44(37(5)15-11-13-35(2)3)45(6,28-26-40)29-27-43(46)34-47;1-4-5-6-7(2)3;1-3-4-2/h12,14,18-25,32,35,37,40,43-44,48H,8-11,13,15-17,26-31,33-34H2,1-7H3;4-6H,1-3H3;3-4H2,1-2H3/b32-12+,36-14-;5-4+;. The topological polar surface area (TPSA) is 20.2 Å². The Morgan fingerprint density at radius 3 is 1.83 bits per heavy atom. The normalized spacial score (nSPS) is 27.9. The largest absolute Gasteiger partial charge is 0.516 e. The number of aliphatic hydroxyl groups is 1. The summed E-state index contributed by atoms with van der Waals surface area (Å²) < 4.78 is 0. The van der Waals surface area contributed by atoms with Crippen molar-refractivity contribution < 1.29 is 5.11 Å². The summed E-state index contributed by atoms with van der Waals surface area (Å²) in [6, 6.07) is 19.5. The average Bonchev–Trinajstić information content (AvgIpc) is 3.30. The third kappa shape index (κ3) is 14.7. The first kappa shape index (κ1) is 50.6. The van der Waals surface area contributed by atoms with Gasteiger partial charge in [-0.05, 0) is 167 Å².